The minimum atomic E-state index is -0.679. The number of rotatable bonds is 6. The van der Waals surface area contributed by atoms with E-state index in [1.54, 1.807) is 19.2 Å². The number of aromatic nitrogens is 2. The van der Waals surface area contributed by atoms with Crippen molar-refractivity contribution in [2.75, 3.05) is 6.54 Å². The van der Waals surface area contributed by atoms with Crippen LogP contribution in [0.3, 0.4) is 0 Å². The number of nitrogens with zero attached hydrogens (tertiary/aromatic N) is 2. The van der Waals surface area contributed by atoms with Gasteiger partial charge in [-0.1, -0.05) is 42.5 Å². The van der Waals surface area contributed by atoms with E-state index in [4.69, 9.17) is 14.0 Å². The molecule has 0 radical (unpaired) electrons. The summed E-state index contributed by atoms with van der Waals surface area (Å²) in [4.78, 5) is 29.3. The first-order valence-corrected chi connectivity index (χ1v) is 11.5. The van der Waals surface area contributed by atoms with E-state index in [9.17, 15) is 9.59 Å². The fraction of sp³-hybridized carbons (Fsp3) is 0.346. The number of hydrogen-bond donors (Lipinski definition) is 1. The molecule has 0 aliphatic carbocycles. The summed E-state index contributed by atoms with van der Waals surface area (Å²) in [5.41, 5.74) is 1.75. The highest BCUT2D eigenvalue weighted by molar-refractivity contribution is 6.56. The van der Waals surface area contributed by atoms with Crippen molar-refractivity contribution in [3.05, 3.63) is 81.8 Å². The lowest BCUT2D eigenvalue weighted by Gasteiger charge is -2.32. The van der Waals surface area contributed by atoms with Crippen LogP contribution in [0.25, 0.3) is 17.0 Å². The smallest absolute Gasteiger partial charge is 0.445 e. The first kappa shape index (κ1) is 24.7. The monoisotopic (exact) mass is 475 g/mol. The number of ether oxygens (including phenoxy) is 1. The zero-order chi connectivity index (χ0) is 25.2. The lowest BCUT2D eigenvalue weighted by Crippen LogP contribution is -2.41. The number of nitrogens with one attached hydrogen (secondary N) is 1. The summed E-state index contributed by atoms with van der Waals surface area (Å²) in [6.07, 6.45) is 2.82. The lowest BCUT2D eigenvalue weighted by molar-refractivity contribution is 0.00578. The molecule has 0 unspecified atom stereocenters. The summed E-state index contributed by atoms with van der Waals surface area (Å²) in [6, 6.07) is 14.9. The number of amides is 1. The van der Waals surface area contributed by atoms with Gasteiger partial charge in [0.15, 0.2) is 0 Å². The topological polar surface area (TPSA) is 91.7 Å². The van der Waals surface area contributed by atoms with Crippen molar-refractivity contribution < 1.29 is 18.8 Å². The molecule has 1 aliphatic rings. The predicted molar refractivity (Wildman–Crippen MR) is 136 cm³/mol. The Kier molecular flexibility index (Phi) is 6.83. The lowest BCUT2D eigenvalue weighted by atomic mass is 9.77. The molecule has 2 aromatic carbocycles. The summed E-state index contributed by atoms with van der Waals surface area (Å²) in [6.45, 7) is 8.20. The molecule has 9 heteroatoms. The molecule has 2 heterocycles. The minimum absolute atomic E-state index is 0.134. The largest absolute Gasteiger partial charge is 0.492 e. The molecule has 1 saturated heterocycles. The Balaban J connectivity index is 1.58. The van der Waals surface area contributed by atoms with E-state index in [1.165, 1.54) is 10.9 Å². The van der Waals surface area contributed by atoms with Crippen LogP contribution in [0.2, 0.25) is 0 Å². The zero-order valence-corrected chi connectivity index (χ0v) is 20.7. The van der Waals surface area contributed by atoms with Crippen molar-refractivity contribution in [3.63, 3.8) is 0 Å². The molecule has 35 heavy (non-hydrogen) atoms. The summed E-state index contributed by atoms with van der Waals surface area (Å²) >= 11 is 0. The highest BCUT2D eigenvalue weighted by Gasteiger charge is 2.52. The van der Waals surface area contributed by atoms with E-state index >= 15 is 0 Å². The van der Waals surface area contributed by atoms with Crippen LogP contribution in [0.15, 0.2) is 65.1 Å². The molecule has 0 spiro atoms. The van der Waals surface area contributed by atoms with Gasteiger partial charge in [-0.05, 0) is 56.4 Å². The van der Waals surface area contributed by atoms with Crippen LogP contribution in [0, 0.1) is 0 Å². The number of alkyl carbamates (subject to hydrolysis) is 1. The fourth-order valence-corrected chi connectivity index (χ4v) is 3.68. The Morgan fingerprint density at radius 2 is 1.80 bits per heavy atom. The van der Waals surface area contributed by atoms with Crippen molar-refractivity contribution in [1.29, 1.82) is 0 Å². The summed E-state index contributed by atoms with van der Waals surface area (Å²) in [7, 11) is 0.986. The summed E-state index contributed by atoms with van der Waals surface area (Å²) in [5, 5.41) is 3.30. The molecule has 8 nitrogen and oxygen atoms in total. The van der Waals surface area contributed by atoms with E-state index in [0.29, 0.717) is 16.4 Å². The molecule has 0 saturated carbocycles. The molecular formula is C26H30BN3O5. The molecule has 4 rings (SSSR count). The van der Waals surface area contributed by atoms with Gasteiger partial charge in [0.05, 0.1) is 28.4 Å². The van der Waals surface area contributed by atoms with Crippen LogP contribution < -0.4 is 10.9 Å². The van der Waals surface area contributed by atoms with Crippen molar-refractivity contribution in [2.45, 2.75) is 45.5 Å². The van der Waals surface area contributed by atoms with Gasteiger partial charge in [-0.2, -0.15) is 0 Å². The van der Waals surface area contributed by atoms with Crippen LogP contribution >= 0.6 is 0 Å². The summed E-state index contributed by atoms with van der Waals surface area (Å²) < 4.78 is 19.2. The maximum Gasteiger partial charge on any atom is 0.492 e. The molecule has 1 N–H and O–H groups in total. The molecule has 1 aromatic heterocycles. The molecule has 3 aromatic rings. The van der Waals surface area contributed by atoms with Gasteiger partial charge >= 0.3 is 13.2 Å². The number of carbonyl (C=O) groups is 1. The van der Waals surface area contributed by atoms with E-state index in [1.807, 2.05) is 70.2 Å². The SMILES string of the molecule is Cn1cnc2ccc(C=C(CNC(=O)OCc3ccccc3)B3OC(C)(C)C(C)(C)O3)cc2c1=O. The van der Waals surface area contributed by atoms with Crippen molar-refractivity contribution >= 4 is 30.2 Å². The second-order valence-corrected chi connectivity index (χ2v) is 9.66. The number of fused-ring (bicyclic) bond motifs is 1. The fourth-order valence-electron chi connectivity index (χ4n) is 3.68. The van der Waals surface area contributed by atoms with Crippen LogP contribution in [0.4, 0.5) is 4.79 Å². The Morgan fingerprint density at radius 1 is 1.11 bits per heavy atom. The number of carbonyl (C=O) groups excluding carboxylic acids is 1. The van der Waals surface area contributed by atoms with E-state index in [-0.39, 0.29) is 18.7 Å². The van der Waals surface area contributed by atoms with Gasteiger partial charge in [-0.15, -0.1) is 0 Å². The third-order valence-corrected chi connectivity index (χ3v) is 6.50. The Bertz CT molecular complexity index is 1300. The van der Waals surface area contributed by atoms with E-state index in [0.717, 1.165) is 11.1 Å². The molecule has 182 valence electrons. The third kappa shape index (κ3) is 5.47. The van der Waals surface area contributed by atoms with Gasteiger partial charge < -0.3 is 23.9 Å². The molecule has 0 bridgehead atoms. The maximum absolute atomic E-state index is 12.6. The molecule has 1 amide bonds. The summed E-state index contributed by atoms with van der Waals surface area (Å²) in [5.74, 6) is 0. The Hall–Kier alpha value is -3.43. The average Bonchev–Trinajstić information content (AvgIpc) is 3.05. The first-order valence-electron chi connectivity index (χ1n) is 11.5. The van der Waals surface area contributed by atoms with Crippen molar-refractivity contribution in [1.82, 2.24) is 14.9 Å². The second-order valence-electron chi connectivity index (χ2n) is 9.66. The second kappa shape index (κ2) is 9.68. The Labute approximate surface area is 205 Å². The molecule has 1 aliphatic heterocycles. The van der Waals surface area contributed by atoms with Crippen LogP contribution in [-0.4, -0.2) is 40.5 Å². The molecule has 0 atom stereocenters. The van der Waals surface area contributed by atoms with Crippen LogP contribution in [0.5, 0.6) is 0 Å². The van der Waals surface area contributed by atoms with Gasteiger partial charge in [0.1, 0.15) is 6.61 Å². The Morgan fingerprint density at radius 3 is 2.49 bits per heavy atom. The molecular weight excluding hydrogens is 445 g/mol. The predicted octanol–water partition coefficient (Wildman–Crippen LogP) is 3.87. The van der Waals surface area contributed by atoms with Gasteiger partial charge in [-0.25, -0.2) is 9.78 Å². The normalized spacial score (nSPS) is 16.9. The van der Waals surface area contributed by atoms with Crippen molar-refractivity contribution in [3.8, 4) is 0 Å². The number of aryl methyl sites for hydroxylation is 1. The molecule has 1 fully saturated rings. The highest BCUT2D eigenvalue weighted by atomic mass is 16.7. The minimum Gasteiger partial charge on any atom is -0.445 e. The quantitative estimate of drug-likeness (QED) is 0.545. The first-order chi connectivity index (χ1) is 16.6. The average molecular weight is 475 g/mol. The third-order valence-electron chi connectivity index (χ3n) is 6.50. The highest BCUT2D eigenvalue weighted by Crippen LogP contribution is 2.38. The van der Waals surface area contributed by atoms with Crippen molar-refractivity contribution in [2.24, 2.45) is 7.05 Å². The van der Waals surface area contributed by atoms with Crippen LogP contribution in [0.1, 0.15) is 38.8 Å². The number of benzene rings is 2. The van der Waals surface area contributed by atoms with E-state index in [2.05, 4.69) is 10.3 Å². The zero-order valence-electron chi connectivity index (χ0n) is 20.7. The van der Waals surface area contributed by atoms with Gasteiger partial charge in [0, 0.05) is 13.6 Å². The maximum atomic E-state index is 12.6. The van der Waals surface area contributed by atoms with Gasteiger partial charge in [-0.3, -0.25) is 4.79 Å². The standard InChI is InChI=1S/C26H30BN3O5/c1-25(2)26(3,4)35-27(34-25)20(15-28-24(32)33-16-18-9-7-6-8-10-18)13-19-11-12-22-21(14-19)23(31)30(5)17-29-22/h6-14,17H,15-16H2,1-5H3,(H,28,32). The van der Waals surface area contributed by atoms with Gasteiger partial charge in [0.2, 0.25) is 0 Å². The van der Waals surface area contributed by atoms with Crippen LogP contribution in [-0.2, 0) is 27.7 Å². The van der Waals surface area contributed by atoms with Gasteiger partial charge in [0.25, 0.3) is 5.56 Å². The number of hydrogen-bond acceptors (Lipinski definition) is 6. The van der Waals surface area contributed by atoms with E-state index < -0.39 is 24.4 Å².